The lowest BCUT2D eigenvalue weighted by molar-refractivity contribution is 0.434. The standard InChI is InChI=1S/C16H21N3S/c1-2-7-15-14(6-1)18-16(20-15)19-10-4-3-5-13(19)11-17-12-8-9-12/h1-2,6-7,12-13,17H,3-5,8-11H2. The average molecular weight is 287 g/mol. The van der Waals surface area contributed by atoms with Gasteiger partial charge in [-0.3, -0.25) is 0 Å². The molecule has 1 aromatic carbocycles. The lowest BCUT2D eigenvalue weighted by atomic mass is 10.0. The summed E-state index contributed by atoms with van der Waals surface area (Å²) in [5.41, 5.74) is 1.15. The van der Waals surface area contributed by atoms with Gasteiger partial charge in [-0.2, -0.15) is 0 Å². The Balaban J connectivity index is 1.56. The van der Waals surface area contributed by atoms with Gasteiger partial charge >= 0.3 is 0 Å². The second-order valence-corrected chi connectivity index (χ2v) is 7.00. The zero-order valence-electron chi connectivity index (χ0n) is 11.7. The van der Waals surface area contributed by atoms with E-state index in [2.05, 4.69) is 34.5 Å². The van der Waals surface area contributed by atoms with E-state index in [0.717, 1.165) is 24.6 Å². The van der Waals surface area contributed by atoms with E-state index in [1.165, 1.54) is 41.9 Å². The van der Waals surface area contributed by atoms with E-state index < -0.39 is 0 Å². The molecule has 106 valence electrons. The first-order chi connectivity index (χ1) is 9.90. The number of piperidine rings is 1. The molecule has 1 aliphatic heterocycles. The van der Waals surface area contributed by atoms with Crippen molar-refractivity contribution in [2.24, 2.45) is 0 Å². The van der Waals surface area contributed by atoms with Crippen LogP contribution in [0.1, 0.15) is 32.1 Å². The Morgan fingerprint density at radius 1 is 1.20 bits per heavy atom. The monoisotopic (exact) mass is 287 g/mol. The zero-order chi connectivity index (χ0) is 13.4. The molecule has 1 saturated heterocycles. The Bertz CT molecular complexity index is 557. The van der Waals surface area contributed by atoms with E-state index in [9.17, 15) is 0 Å². The maximum atomic E-state index is 4.85. The van der Waals surface area contributed by atoms with Crippen molar-refractivity contribution in [3.05, 3.63) is 24.3 Å². The lowest BCUT2D eigenvalue weighted by Crippen LogP contribution is -2.46. The molecule has 1 aliphatic carbocycles. The molecule has 20 heavy (non-hydrogen) atoms. The first-order valence-corrected chi connectivity index (χ1v) is 8.57. The summed E-state index contributed by atoms with van der Waals surface area (Å²) in [7, 11) is 0. The third kappa shape index (κ3) is 2.54. The number of para-hydroxylation sites is 1. The largest absolute Gasteiger partial charge is 0.344 e. The number of benzene rings is 1. The van der Waals surface area contributed by atoms with Crippen molar-refractivity contribution in [3.63, 3.8) is 0 Å². The highest BCUT2D eigenvalue weighted by atomic mass is 32.1. The minimum absolute atomic E-state index is 0.630. The highest BCUT2D eigenvalue weighted by Gasteiger charge is 2.27. The Morgan fingerprint density at radius 3 is 2.95 bits per heavy atom. The van der Waals surface area contributed by atoms with Crippen molar-refractivity contribution in [1.82, 2.24) is 10.3 Å². The molecule has 2 heterocycles. The van der Waals surface area contributed by atoms with Gasteiger partial charge in [-0.05, 0) is 44.2 Å². The number of hydrogen-bond acceptors (Lipinski definition) is 4. The molecule has 0 radical (unpaired) electrons. The summed E-state index contributed by atoms with van der Waals surface area (Å²) in [5.74, 6) is 0. The smallest absolute Gasteiger partial charge is 0.186 e. The summed E-state index contributed by atoms with van der Waals surface area (Å²) in [6.45, 7) is 2.29. The normalized spacial score (nSPS) is 23.4. The maximum absolute atomic E-state index is 4.85. The number of hydrogen-bond donors (Lipinski definition) is 1. The Labute approximate surface area is 124 Å². The molecular formula is C16H21N3S. The van der Waals surface area contributed by atoms with Crippen LogP contribution in [0.3, 0.4) is 0 Å². The maximum Gasteiger partial charge on any atom is 0.186 e. The summed E-state index contributed by atoms with van der Waals surface area (Å²) >= 11 is 1.84. The van der Waals surface area contributed by atoms with Gasteiger partial charge in [0.25, 0.3) is 0 Å². The lowest BCUT2D eigenvalue weighted by Gasteiger charge is -2.35. The van der Waals surface area contributed by atoms with E-state index in [0.29, 0.717) is 6.04 Å². The third-order valence-electron chi connectivity index (χ3n) is 4.37. The molecular weight excluding hydrogens is 266 g/mol. The average Bonchev–Trinajstić information content (AvgIpc) is 3.22. The van der Waals surface area contributed by atoms with Crippen LogP contribution in [0.5, 0.6) is 0 Å². The van der Waals surface area contributed by atoms with Crippen LogP contribution in [0.25, 0.3) is 10.2 Å². The molecule has 3 nitrogen and oxygen atoms in total. The van der Waals surface area contributed by atoms with Crippen LogP contribution in [-0.4, -0.2) is 30.2 Å². The highest BCUT2D eigenvalue weighted by Crippen LogP contribution is 2.32. The number of nitrogens with one attached hydrogen (secondary N) is 1. The van der Waals surface area contributed by atoms with Gasteiger partial charge in [0.2, 0.25) is 0 Å². The number of fused-ring (bicyclic) bond motifs is 1. The fourth-order valence-electron chi connectivity index (χ4n) is 3.04. The van der Waals surface area contributed by atoms with Crippen molar-refractivity contribution in [2.75, 3.05) is 18.0 Å². The van der Waals surface area contributed by atoms with E-state index in [4.69, 9.17) is 4.98 Å². The van der Waals surface area contributed by atoms with Gasteiger partial charge in [0, 0.05) is 25.2 Å². The van der Waals surface area contributed by atoms with Crippen molar-refractivity contribution in [1.29, 1.82) is 0 Å². The quantitative estimate of drug-likeness (QED) is 0.934. The van der Waals surface area contributed by atoms with E-state index in [1.54, 1.807) is 0 Å². The topological polar surface area (TPSA) is 28.2 Å². The van der Waals surface area contributed by atoms with Gasteiger partial charge < -0.3 is 10.2 Å². The molecule has 2 fully saturated rings. The number of anilines is 1. The Kier molecular flexibility index (Phi) is 3.36. The van der Waals surface area contributed by atoms with Crippen molar-refractivity contribution in [3.8, 4) is 0 Å². The molecule has 0 spiro atoms. The van der Waals surface area contributed by atoms with Gasteiger partial charge in [0.05, 0.1) is 10.2 Å². The summed E-state index contributed by atoms with van der Waals surface area (Å²) in [5, 5.41) is 4.91. The van der Waals surface area contributed by atoms with Gasteiger partial charge in [0.1, 0.15) is 0 Å². The fraction of sp³-hybridized carbons (Fsp3) is 0.562. The van der Waals surface area contributed by atoms with Crippen LogP contribution >= 0.6 is 11.3 Å². The van der Waals surface area contributed by atoms with E-state index in [-0.39, 0.29) is 0 Å². The Hall–Kier alpha value is -1.13. The van der Waals surface area contributed by atoms with Crippen LogP contribution in [0, 0.1) is 0 Å². The SMILES string of the molecule is c1ccc2sc(N3CCCCC3CNC3CC3)nc2c1. The number of thiazole rings is 1. The van der Waals surface area contributed by atoms with Crippen molar-refractivity contribution in [2.45, 2.75) is 44.2 Å². The predicted octanol–water partition coefficient (Wildman–Crippen LogP) is 3.41. The molecule has 1 saturated carbocycles. The molecule has 2 aliphatic rings. The number of aromatic nitrogens is 1. The second kappa shape index (κ2) is 5.34. The van der Waals surface area contributed by atoms with Crippen molar-refractivity contribution >= 4 is 26.7 Å². The van der Waals surface area contributed by atoms with E-state index in [1.807, 2.05) is 11.3 Å². The summed E-state index contributed by atoms with van der Waals surface area (Å²) < 4.78 is 1.31. The summed E-state index contributed by atoms with van der Waals surface area (Å²) in [6, 6.07) is 9.91. The molecule has 1 atom stereocenters. The zero-order valence-corrected chi connectivity index (χ0v) is 12.5. The molecule has 4 heteroatoms. The molecule has 0 bridgehead atoms. The molecule has 1 aromatic heterocycles. The third-order valence-corrected chi connectivity index (χ3v) is 5.45. The molecule has 2 aromatic rings. The van der Waals surface area contributed by atoms with Gasteiger partial charge in [0.15, 0.2) is 5.13 Å². The molecule has 0 amide bonds. The van der Waals surface area contributed by atoms with Gasteiger partial charge in [-0.25, -0.2) is 4.98 Å². The summed E-state index contributed by atoms with van der Waals surface area (Å²) in [4.78, 5) is 7.39. The number of nitrogens with zero attached hydrogens (tertiary/aromatic N) is 2. The second-order valence-electron chi connectivity index (χ2n) is 5.99. The van der Waals surface area contributed by atoms with Crippen LogP contribution in [-0.2, 0) is 0 Å². The fourth-order valence-corrected chi connectivity index (χ4v) is 4.10. The Morgan fingerprint density at radius 2 is 2.10 bits per heavy atom. The van der Waals surface area contributed by atoms with Gasteiger partial charge in [-0.15, -0.1) is 0 Å². The first kappa shape index (κ1) is 12.6. The minimum Gasteiger partial charge on any atom is -0.344 e. The van der Waals surface area contributed by atoms with Crippen LogP contribution in [0.4, 0.5) is 5.13 Å². The molecule has 4 rings (SSSR count). The highest BCUT2D eigenvalue weighted by molar-refractivity contribution is 7.22. The van der Waals surface area contributed by atoms with Crippen LogP contribution < -0.4 is 10.2 Å². The van der Waals surface area contributed by atoms with Crippen LogP contribution in [0.15, 0.2) is 24.3 Å². The minimum atomic E-state index is 0.630. The van der Waals surface area contributed by atoms with Gasteiger partial charge in [-0.1, -0.05) is 23.5 Å². The summed E-state index contributed by atoms with van der Waals surface area (Å²) in [6.07, 6.45) is 6.70. The van der Waals surface area contributed by atoms with E-state index >= 15 is 0 Å². The van der Waals surface area contributed by atoms with Crippen molar-refractivity contribution < 1.29 is 0 Å². The molecule has 1 unspecified atom stereocenters. The predicted molar refractivity (Wildman–Crippen MR) is 85.6 cm³/mol. The molecule has 1 N–H and O–H groups in total. The van der Waals surface area contributed by atoms with Crippen LogP contribution in [0.2, 0.25) is 0 Å². The number of rotatable bonds is 4. The first-order valence-electron chi connectivity index (χ1n) is 7.76.